The fraction of sp³-hybridized carbons (Fsp3) is 0.231. The number of fused-ring (bicyclic) bond motifs is 1. The minimum Gasteiger partial charge on any atom is -0.497 e. The lowest BCUT2D eigenvalue weighted by atomic mass is 9.80. The van der Waals surface area contributed by atoms with Gasteiger partial charge in [0.15, 0.2) is 17.0 Å². The summed E-state index contributed by atoms with van der Waals surface area (Å²) in [5.74, 6) is -0.0489. The largest absolute Gasteiger partial charge is 0.497 e. The summed E-state index contributed by atoms with van der Waals surface area (Å²) in [7, 11) is -1.21. The lowest BCUT2D eigenvalue weighted by Gasteiger charge is -2.37. The first kappa shape index (κ1) is 35.7. The molecule has 14 heteroatoms. The van der Waals surface area contributed by atoms with Crippen LogP contribution in [0.25, 0.3) is 11.2 Å². The molecule has 0 bridgehead atoms. The van der Waals surface area contributed by atoms with Crippen LogP contribution in [-0.4, -0.2) is 71.1 Å². The fourth-order valence-corrected chi connectivity index (χ4v) is 7.68. The van der Waals surface area contributed by atoms with Gasteiger partial charge >= 0.3 is 0 Å². The predicted molar refractivity (Wildman–Crippen MR) is 196 cm³/mol. The summed E-state index contributed by atoms with van der Waals surface area (Å²) in [5, 5.41) is 2.80. The summed E-state index contributed by atoms with van der Waals surface area (Å²) in [4.78, 5) is 26.1. The highest BCUT2D eigenvalue weighted by Gasteiger charge is 2.43. The molecule has 0 spiro atoms. The quantitative estimate of drug-likeness (QED) is 0.107. The normalized spacial score (nSPS) is 17.5. The third-order valence-electron chi connectivity index (χ3n) is 9.36. The average molecular weight is 736 g/mol. The Bertz CT molecular complexity index is 2240. The molecule has 13 nitrogen and oxygen atoms in total. The van der Waals surface area contributed by atoms with Gasteiger partial charge in [-0.3, -0.25) is 13.9 Å². The summed E-state index contributed by atoms with van der Waals surface area (Å²) in [6.07, 6.45) is 1.49. The topological polar surface area (TPSA) is 164 Å². The molecule has 2 aromatic heterocycles. The number of rotatable bonds is 13. The van der Waals surface area contributed by atoms with E-state index >= 15 is 0 Å². The number of nitrogens with zero attached hydrogens (tertiary/aromatic N) is 4. The Morgan fingerprint density at radius 3 is 2.02 bits per heavy atom. The van der Waals surface area contributed by atoms with Gasteiger partial charge in [-0.05, 0) is 59.5 Å². The molecule has 0 unspecified atom stereocenters. The number of aromatic nitrogens is 4. The molecule has 1 aliphatic rings. The van der Waals surface area contributed by atoms with E-state index in [0.29, 0.717) is 28.2 Å². The van der Waals surface area contributed by atoms with Crippen LogP contribution in [-0.2, 0) is 25.2 Å². The molecule has 4 aromatic carbocycles. The molecule has 1 saturated heterocycles. The van der Waals surface area contributed by atoms with E-state index in [1.807, 2.05) is 84.9 Å². The van der Waals surface area contributed by atoms with Gasteiger partial charge in [0.05, 0.1) is 39.0 Å². The summed E-state index contributed by atoms with van der Waals surface area (Å²) >= 11 is 0. The number of hydrogen-bond acceptors (Lipinski definition) is 10. The third-order valence-corrected chi connectivity index (χ3v) is 10.2. The minimum absolute atomic E-state index is 0.0658. The van der Waals surface area contributed by atoms with Crippen LogP contribution >= 0.6 is 0 Å². The van der Waals surface area contributed by atoms with E-state index in [-0.39, 0.29) is 24.8 Å². The van der Waals surface area contributed by atoms with Gasteiger partial charge < -0.3 is 24.3 Å². The number of amides is 1. The molecule has 0 radical (unpaired) electrons. The number of methoxy groups -OCH3 is 2. The van der Waals surface area contributed by atoms with Gasteiger partial charge in [0.2, 0.25) is 0 Å². The van der Waals surface area contributed by atoms with Crippen molar-refractivity contribution < 1.29 is 36.7 Å². The second-order valence-electron chi connectivity index (χ2n) is 12.6. The van der Waals surface area contributed by atoms with Gasteiger partial charge in [-0.2, -0.15) is 8.42 Å². The van der Waals surface area contributed by atoms with E-state index in [1.54, 1.807) is 43.1 Å². The SMILES string of the molecule is COc1ccc(C(OC[C@@H]2O[C@@H](n3cnc4c(NC(=O)c5ccccc5)ncnc43)C[C@H]2CS(=O)(=O)O)(c2ccccc2)c2ccc(OC)cc2)cc1. The Morgan fingerprint density at radius 2 is 1.43 bits per heavy atom. The van der Waals surface area contributed by atoms with Gasteiger partial charge in [-0.25, -0.2) is 15.0 Å². The number of nitrogens with one attached hydrogen (secondary N) is 1. The van der Waals surface area contributed by atoms with Crippen LogP contribution in [0, 0.1) is 5.92 Å². The molecular weight excluding hydrogens is 699 g/mol. The van der Waals surface area contributed by atoms with Gasteiger partial charge in [0.1, 0.15) is 29.7 Å². The molecule has 2 N–H and O–H groups in total. The van der Waals surface area contributed by atoms with E-state index in [9.17, 15) is 17.8 Å². The van der Waals surface area contributed by atoms with Crippen molar-refractivity contribution in [2.24, 2.45) is 5.92 Å². The number of carbonyl (C=O) groups is 1. The van der Waals surface area contributed by atoms with Crippen molar-refractivity contribution in [3.63, 3.8) is 0 Å². The molecule has 1 fully saturated rings. The summed E-state index contributed by atoms with van der Waals surface area (Å²) in [6.45, 7) is -0.0658. The Kier molecular flexibility index (Phi) is 10.2. The minimum atomic E-state index is -4.41. The van der Waals surface area contributed by atoms with Crippen molar-refractivity contribution in [1.29, 1.82) is 0 Å². The molecule has 0 saturated carbocycles. The van der Waals surface area contributed by atoms with Crippen LogP contribution in [0.15, 0.2) is 122 Å². The average Bonchev–Trinajstić information content (AvgIpc) is 3.80. The van der Waals surface area contributed by atoms with Crippen molar-refractivity contribution in [3.05, 3.63) is 144 Å². The van der Waals surface area contributed by atoms with Crippen molar-refractivity contribution in [3.8, 4) is 11.5 Å². The zero-order valence-electron chi connectivity index (χ0n) is 28.9. The smallest absolute Gasteiger partial charge is 0.265 e. The van der Waals surface area contributed by atoms with E-state index in [1.165, 1.54) is 12.7 Å². The highest BCUT2D eigenvalue weighted by atomic mass is 32.2. The number of ether oxygens (including phenoxy) is 4. The second-order valence-corrected chi connectivity index (χ2v) is 14.1. The molecule has 7 rings (SSSR count). The molecule has 1 aliphatic heterocycles. The lowest BCUT2D eigenvalue weighted by molar-refractivity contribution is -0.0819. The van der Waals surface area contributed by atoms with E-state index in [2.05, 4.69) is 20.3 Å². The summed E-state index contributed by atoms with van der Waals surface area (Å²) < 4.78 is 60.9. The van der Waals surface area contributed by atoms with Gasteiger partial charge in [-0.15, -0.1) is 0 Å². The van der Waals surface area contributed by atoms with Gasteiger partial charge in [0.25, 0.3) is 16.0 Å². The van der Waals surface area contributed by atoms with Crippen LogP contribution in [0.1, 0.15) is 39.7 Å². The van der Waals surface area contributed by atoms with Crippen LogP contribution < -0.4 is 14.8 Å². The van der Waals surface area contributed by atoms with Crippen LogP contribution in [0.2, 0.25) is 0 Å². The third kappa shape index (κ3) is 7.48. The number of imidazole rings is 1. The lowest BCUT2D eigenvalue weighted by Crippen LogP contribution is -2.38. The Morgan fingerprint density at radius 1 is 0.849 bits per heavy atom. The van der Waals surface area contributed by atoms with Gasteiger partial charge in [0, 0.05) is 11.5 Å². The fourth-order valence-electron chi connectivity index (χ4n) is 6.78. The predicted octanol–water partition coefficient (Wildman–Crippen LogP) is 5.90. The van der Waals surface area contributed by atoms with E-state index in [4.69, 9.17) is 18.9 Å². The maximum atomic E-state index is 12.9. The Hall–Kier alpha value is -5.67. The number of benzene rings is 4. The molecule has 272 valence electrons. The molecule has 0 aliphatic carbocycles. The number of anilines is 1. The standard InChI is InChI=1S/C39H37N5O8S/c1-49-31-17-13-29(14-18-31)39(28-11-7-4-8-12-28,30-15-19-32(50-2)20-16-30)51-22-33-27(23-53(46,47)48)21-34(52-33)44-25-42-35-36(40-24-41-37(35)44)43-38(45)26-9-5-3-6-10-26/h3-20,24-25,27,33-34H,21-23H2,1-2H3,(H,46,47,48)(H,40,41,43,45)/t27-,33-,34+/m0/s1. The number of hydrogen-bond donors (Lipinski definition) is 2. The molecule has 1 amide bonds. The van der Waals surface area contributed by atoms with Crippen molar-refractivity contribution >= 4 is 33.0 Å². The molecule has 3 atom stereocenters. The van der Waals surface area contributed by atoms with Crippen molar-refractivity contribution in [1.82, 2.24) is 19.5 Å². The summed E-state index contributed by atoms with van der Waals surface area (Å²) in [5.41, 5.74) is 2.35. The monoisotopic (exact) mass is 735 g/mol. The molecule has 6 aromatic rings. The molecule has 3 heterocycles. The van der Waals surface area contributed by atoms with Crippen LogP contribution in [0.5, 0.6) is 11.5 Å². The van der Waals surface area contributed by atoms with E-state index in [0.717, 1.165) is 16.7 Å². The highest BCUT2D eigenvalue weighted by Crippen LogP contribution is 2.44. The van der Waals surface area contributed by atoms with Gasteiger partial charge in [-0.1, -0.05) is 72.8 Å². The summed E-state index contributed by atoms with van der Waals surface area (Å²) in [6, 6.07) is 33.5. The van der Waals surface area contributed by atoms with Crippen LogP contribution in [0.4, 0.5) is 5.82 Å². The molecular formula is C39H37N5O8S. The first-order valence-corrected chi connectivity index (χ1v) is 18.4. The Balaban J connectivity index is 1.24. The maximum absolute atomic E-state index is 12.9. The van der Waals surface area contributed by atoms with E-state index < -0.39 is 39.7 Å². The second kappa shape index (κ2) is 15.1. The van der Waals surface area contributed by atoms with Crippen LogP contribution in [0.3, 0.4) is 0 Å². The highest BCUT2D eigenvalue weighted by molar-refractivity contribution is 7.85. The first-order valence-electron chi connectivity index (χ1n) is 16.8. The van der Waals surface area contributed by atoms with Crippen molar-refractivity contribution in [2.75, 3.05) is 31.9 Å². The van der Waals surface area contributed by atoms with Crippen molar-refractivity contribution in [2.45, 2.75) is 24.4 Å². The zero-order valence-corrected chi connectivity index (χ0v) is 29.7. The Labute approximate surface area is 306 Å². The first-order chi connectivity index (χ1) is 25.7. The maximum Gasteiger partial charge on any atom is 0.265 e. The molecule has 53 heavy (non-hydrogen) atoms. The zero-order chi connectivity index (χ0) is 37.0. The number of carbonyl (C=O) groups excluding carboxylic acids is 1.